The molecule has 0 aliphatic heterocycles. The van der Waals surface area contributed by atoms with Gasteiger partial charge in [0, 0.05) is 10.4 Å². The van der Waals surface area contributed by atoms with Crippen LogP contribution in [0.2, 0.25) is 0 Å². The van der Waals surface area contributed by atoms with Crippen LogP contribution in [0.4, 0.5) is 0 Å². The Hall–Kier alpha value is -0.380. The highest BCUT2D eigenvalue weighted by Gasteiger charge is 2.32. The van der Waals surface area contributed by atoms with Crippen LogP contribution in [0.3, 0.4) is 0 Å². The maximum atomic E-state index is 6.34. The van der Waals surface area contributed by atoms with Gasteiger partial charge in [-0.3, -0.25) is 4.90 Å². The van der Waals surface area contributed by atoms with E-state index in [0.29, 0.717) is 0 Å². The zero-order valence-corrected chi connectivity index (χ0v) is 11.0. The van der Waals surface area contributed by atoms with E-state index in [1.54, 1.807) is 11.3 Å². The van der Waals surface area contributed by atoms with Crippen LogP contribution in [0.1, 0.15) is 38.6 Å². The van der Waals surface area contributed by atoms with Crippen LogP contribution >= 0.6 is 11.3 Å². The molecule has 1 aromatic heterocycles. The fourth-order valence-corrected chi connectivity index (χ4v) is 2.96. The molecule has 86 valence electrons. The van der Waals surface area contributed by atoms with Crippen LogP contribution in [0, 0.1) is 0 Å². The zero-order valence-electron chi connectivity index (χ0n) is 10.2. The number of rotatable bonds is 5. The Bertz CT molecular complexity index is 276. The predicted octanol–water partition coefficient (Wildman–Crippen LogP) is 2.87. The number of nitrogens with zero attached hydrogens (tertiary/aromatic N) is 1. The van der Waals surface area contributed by atoms with Crippen LogP contribution in [0.25, 0.3) is 0 Å². The minimum absolute atomic E-state index is 0.0222. The Labute approximate surface area is 97.1 Å². The lowest BCUT2D eigenvalue weighted by Crippen LogP contribution is -2.50. The summed E-state index contributed by atoms with van der Waals surface area (Å²) in [6, 6.07) is 4.29. The van der Waals surface area contributed by atoms with Gasteiger partial charge in [-0.25, -0.2) is 0 Å². The van der Waals surface area contributed by atoms with Crippen molar-refractivity contribution < 1.29 is 0 Å². The van der Waals surface area contributed by atoms with Crippen molar-refractivity contribution in [3.05, 3.63) is 22.4 Å². The quantitative estimate of drug-likeness (QED) is 0.836. The largest absolute Gasteiger partial charge is 0.322 e. The standard InChI is InChI=1S/C12H22N2S/c1-5-14(6-2)12(3,4)11(13)10-8-7-9-15-10/h7-9,11H,5-6,13H2,1-4H3. The van der Waals surface area contributed by atoms with Gasteiger partial charge in [-0.1, -0.05) is 19.9 Å². The summed E-state index contributed by atoms with van der Waals surface area (Å²) in [6.07, 6.45) is 0. The SMILES string of the molecule is CCN(CC)C(C)(C)C(N)c1cccs1. The molecule has 0 saturated carbocycles. The minimum atomic E-state index is 0.0222. The Morgan fingerprint density at radius 1 is 1.40 bits per heavy atom. The summed E-state index contributed by atoms with van der Waals surface area (Å²) in [7, 11) is 0. The molecule has 0 bridgehead atoms. The Balaban J connectivity index is 2.85. The highest BCUT2D eigenvalue weighted by Crippen LogP contribution is 2.31. The van der Waals surface area contributed by atoms with Gasteiger partial charge in [-0.2, -0.15) is 0 Å². The maximum absolute atomic E-state index is 6.34. The van der Waals surface area contributed by atoms with Gasteiger partial charge in [-0.15, -0.1) is 11.3 Å². The van der Waals surface area contributed by atoms with Crippen molar-refractivity contribution in [3.63, 3.8) is 0 Å². The number of hydrogen-bond acceptors (Lipinski definition) is 3. The van der Waals surface area contributed by atoms with Gasteiger partial charge in [0.25, 0.3) is 0 Å². The van der Waals surface area contributed by atoms with Gasteiger partial charge >= 0.3 is 0 Å². The van der Waals surface area contributed by atoms with E-state index < -0.39 is 0 Å². The topological polar surface area (TPSA) is 29.3 Å². The number of likely N-dealkylation sites (N-methyl/N-ethyl adjacent to an activating group) is 1. The van der Waals surface area contributed by atoms with Gasteiger partial charge in [-0.05, 0) is 38.4 Å². The second-order valence-corrected chi connectivity index (χ2v) is 5.30. The van der Waals surface area contributed by atoms with Crippen LogP contribution in [0.15, 0.2) is 17.5 Å². The lowest BCUT2D eigenvalue weighted by atomic mass is 9.91. The van der Waals surface area contributed by atoms with Crippen molar-refractivity contribution in [2.45, 2.75) is 39.3 Å². The van der Waals surface area contributed by atoms with E-state index in [1.165, 1.54) is 4.88 Å². The molecule has 0 aromatic carbocycles. The van der Waals surface area contributed by atoms with Crippen LogP contribution in [0.5, 0.6) is 0 Å². The molecule has 0 fully saturated rings. The predicted molar refractivity (Wildman–Crippen MR) is 68.2 cm³/mol. The normalized spacial score (nSPS) is 14.5. The Kier molecular flexibility index (Phi) is 4.32. The van der Waals surface area contributed by atoms with Crippen molar-refractivity contribution in [1.29, 1.82) is 0 Å². The molecule has 0 aliphatic rings. The van der Waals surface area contributed by atoms with Gasteiger partial charge in [0.1, 0.15) is 0 Å². The molecule has 1 aromatic rings. The molecule has 0 radical (unpaired) electrons. The first kappa shape index (κ1) is 12.7. The van der Waals surface area contributed by atoms with Crippen LogP contribution in [-0.4, -0.2) is 23.5 Å². The third kappa shape index (κ3) is 2.60. The summed E-state index contributed by atoms with van der Waals surface area (Å²) in [5.41, 5.74) is 6.36. The molecule has 1 unspecified atom stereocenters. The van der Waals surface area contributed by atoms with Crippen molar-refractivity contribution in [1.82, 2.24) is 4.90 Å². The van der Waals surface area contributed by atoms with E-state index in [2.05, 4.69) is 50.1 Å². The summed E-state index contributed by atoms with van der Waals surface area (Å²) < 4.78 is 0. The monoisotopic (exact) mass is 226 g/mol. The Morgan fingerprint density at radius 2 is 2.00 bits per heavy atom. The second kappa shape index (κ2) is 5.10. The average molecular weight is 226 g/mol. The second-order valence-electron chi connectivity index (χ2n) is 4.32. The summed E-state index contributed by atoms with van der Waals surface area (Å²) in [4.78, 5) is 3.68. The number of hydrogen-bond donors (Lipinski definition) is 1. The molecule has 3 heteroatoms. The first-order valence-electron chi connectivity index (χ1n) is 5.58. The molecule has 0 amide bonds. The molecule has 1 heterocycles. The average Bonchev–Trinajstić information content (AvgIpc) is 2.70. The molecule has 0 spiro atoms. The minimum Gasteiger partial charge on any atom is -0.322 e. The van der Waals surface area contributed by atoms with Crippen LogP contribution in [-0.2, 0) is 0 Å². The first-order valence-corrected chi connectivity index (χ1v) is 6.46. The van der Waals surface area contributed by atoms with E-state index in [-0.39, 0.29) is 11.6 Å². The van der Waals surface area contributed by atoms with Crippen molar-refractivity contribution in [3.8, 4) is 0 Å². The molecule has 2 nitrogen and oxygen atoms in total. The molecule has 0 aliphatic carbocycles. The summed E-state index contributed by atoms with van der Waals surface area (Å²) in [5.74, 6) is 0. The molecule has 1 atom stereocenters. The van der Waals surface area contributed by atoms with Crippen molar-refractivity contribution in [2.24, 2.45) is 5.73 Å². The molecule has 2 N–H and O–H groups in total. The van der Waals surface area contributed by atoms with Gasteiger partial charge in [0.05, 0.1) is 6.04 Å². The number of thiophene rings is 1. The van der Waals surface area contributed by atoms with Crippen molar-refractivity contribution >= 4 is 11.3 Å². The fourth-order valence-electron chi connectivity index (χ4n) is 2.05. The Morgan fingerprint density at radius 3 is 2.40 bits per heavy atom. The van der Waals surface area contributed by atoms with Crippen LogP contribution < -0.4 is 5.73 Å². The number of nitrogens with two attached hydrogens (primary N) is 1. The summed E-state index contributed by atoms with van der Waals surface area (Å²) in [5, 5.41) is 2.09. The van der Waals surface area contributed by atoms with Gasteiger partial charge in [0.2, 0.25) is 0 Å². The third-order valence-corrected chi connectivity index (χ3v) is 4.14. The smallest absolute Gasteiger partial charge is 0.0571 e. The van der Waals surface area contributed by atoms with E-state index in [9.17, 15) is 0 Å². The molecular formula is C12H22N2S. The lowest BCUT2D eigenvalue weighted by Gasteiger charge is -2.41. The van der Waals surface area contributed by atoms with Gasteiger partial charge < -0.3 is 5.73 Å². The first-order chi connectivity index (χ1) is 7.04. The fraction of sp³-hybridized carbons (Fsp3) is 0.667. The molecule has 15 heavy (non-hydrogen) atoms. The van der Waals surface area contributed by atoms with E-state index in [1.807, 2.05) is 0 Å². The van der Waals surface area contributed by atoms with Crippen molar-refractivity contribution in [2.75, 3.05) is 13.1 Å². The van der Waals surface area contributed by atoms with E-state index >= 15 is 0 Å². The summed E-state index contributed by atoms with van der Waals surface area (Å²) >= 11 is 1.74. The highest BCUT2D eigenvalue weighted by molar-refractivity contribution is 7.10. The molecule has 0 saturated heterocycles. The molecule has 1 rings (SSSR count). The molecular weight excluding hydrogens is 204 g/mol. The third-order valence-electron chi connectivity index (χ3n) is 3.19. The summed E-state index contributed by atoms with van der Waals surface area (Å²) in [6.45, 7) is 10.9. The van der Waals surface area contributed by atoms with E-state index in [4.69, 9.17) is 5.73 Å². The lowest BCUT2D eigenvalue weighted by molar-refractivity contribution is 0.108. The van der Waals surface area contributed by atoms with E-state index in [0.717, 1.165) is 13.1 Å². The maximum Gasteiger partial charge on any atom is 0.0571 e. The van der Waals surface area contributed by atoms with Gasteiger partial charge in [0.15, 0.2) is 0 Å². The highest BCUT2D eigenvalue weighted by atomic mass is 32.1. The zero-order chi connectivity index (χ0) is 11.5.